The molecule has 0 saturated carbocycles. The molecule has 3 N–H and O–H groups in total. The van der Waals surface area contributed by atoms with Crippen molar-refractivity contribution in [1.82, 2.24) is 5.32 Å². The number of carbonyl (C=O) groups excluding carboxylic acids is 1. The molecule has 0 aliphatic rings. The molecule has 0 spiro atoms. The Morgan fingerprint density at radius 1 is 1.15 bits per heavy atom. The third-order valence-electron chi connectivity index (χ3n) is 2.57. The number of hydrogen-bond acceptors (Lipinski definition) is 3. The van der Waals surface area contributed by atoms with Gasteiger partial charge in [0.05, 0.1) is 0 Å². The van der Waals surface area contributed by atoms with Gasteiger partial charge in [0, 0.05) is 13.3 Å². The SMILES string of the molecule is CC(=O)NC(Cc1ccc(F)c(F)c1)(C(=O)O)C(=O)O. The molecular formula is C12H11F2NO5. The first kappa shape index (κ1) is 15.5. The lowest BCUT2D eigenvalue weighted by Crippen LogP contribution is -2.61. The van der Waals surface area contributed by atoms with Crippen LogP contribution in [0.25, 0.3) is 0 Å². The summed E-state index contributed by atoms with van der Waals surface area (Å²) in [5, 5.41) is 20.0. The number of carboxylic acids is 2. The van der Waals surface area contributed by atoms with Gasteiger partial charge in [-0.2, -0.15) is 0 Å². The Hall–Kier alpha value is -2.51. The molecule has 0 bridgehead atoms. The third-order valence-corrected chi connectivity index (χ3v) is 2.57. The molecule has 0 radical (unpaired) electrons. The van der Waals surface area contributed by atoms with Gasteiger partial charge in [-0.1, -0.05) is 6.07 Å². The van der Waals surface area contributed by atoms with Crippen LogP contribution in [0.1, 0.15) is 12.5 Å². The van der Waals surface area contributed by atoms with Crippen molar-refractivity contribution in [3.05, 3.63) is 35.4 Å². The summed E-state index contributed by atoms with van der Waals surface area (Å²) >= 11 is 0. The maximum absolute atomic E-state index is 13.1. The van der Waals surface area contributed by atoms with Gasteiger partial charge in [0.25, 0.3) is 0 Å². The Morgan fingerprint density at radius 3 is 2.10 bits per heavy atom. The maximum atomic E-state index is 13.1. The van der Waals surface area contributed by atoms with E-state index in [9.17, 15) is 23.2 Å². The van der Waals surface area contributed by atoms with Gasteiger partial charge in [0.15, 0.2) is 11.6 Å². The van der Waals surface area contributed by atoms with Gasteiger partial charge in [-0.3, -0.25) is 4.79 Å². The van der Waals surface area contributed by atoms with E-state index in [-0.39, 0.29) is 5.56 Å². The van der Waals surface area contributed by atoms with E-state index in [2.05, 4.69) is 0 Å². The molecular weight excluding hydrogens is 276 g/mol. The molecule has 108 valence electrons. The molecule has 20 heavy (non-hydrogen) atoms. The van der Waals surface area contributed by atoms with Crippen molar-refractivity contribution in [3.8, 4) is 0 Å². The van der Waals surface area contributed by atoms with Crippen molar-refractivity contribution in [3.63, 3.8) is 0 Å². The molecule has 0 atom stereocenters. The van der Waals surface area contributed by atoms with Crippen molar-refractivity contribution in [2.45, 2.75) is 18.9 Å². The van der Waals surface area contributed by atoms with Crippen LogP contribution in [0.2, 0.25) is 0 Å². The highest BCUT2D eigenvalue weighted by Crippen LogP contribution is 2.17. The molecule has 8 heteroatoms. The summed E-state index contributed by atoms with van der Waals surface area (Å²) in [6, 6.07) is 2.46. The number of halogens is 2. The number of carboxylic acid groups (broad SMARTS) is 2. The van der Waals surface area contributed by atoms with E-state index in [0.29, 0.717) is 6.07 Å². The summed E-state index contributed by atoms with van der Waals surface area (Å²) in [7, 11) is 0. The fraction of sp³-hybridized carbons (Fsp3) is 0.250. The zero-order valence-corrected chi connectivity index (χ0v) is 10.3. The van der Waals surface area contributed by atoms with E-state index < -0.39 is 41.4 Å². The average molecular weight is 287 g/mol. The summed E-state index contributed by atoms with van der Waals surface area (Å²) in [6.45, 7) is 0.950. The van der Waals surface area contributed by atoms with Crippen LogP contribution in [0, 0.1) is 11.6 Å². The highest BCUT2D eigenvalue weighted by atomic mass is 19.2. The van der Waals surface area contributed by atoms with Crippen molar-refractivity contribution in [1.29, 1.82) is 0 Å². The second-order valence-corrected chi connectivity index (χ2v) is 4.12. The number of hydrogen-bond donors (Lipinski definition) is 3. The fourth-order valence-electron chi connectivity index (χ4n) is 1.65. The molecule has 1 aromatic rings. The van der Waals surface area contributed by atoms with Crippen molar-refractivity contribution >= 4 is 17.8 Å². The smallest absolute Gasteiger partial charge is 0.341 e. The molecule has 1 rings (SSSR count). The maximum Gasteiger partial charge on any atom is 0.341 e. The molecule has 6 nitrogen and oxygen atoms in total. The van der Waals surface area contributed by atoms with E-state index in [1.165, 1.54) is 0 Å². The van der Waals surface area contributed by atoms with Crippen LogP contribution in [0.3, 0.4) is 0 Å². The summed E-state index contributed by atoms with van der Waals surface area (Å²) < 4.78 is 25.8. The predicted octanol–water partition coefficient (Wildman–Crippen LogP) is 0.551. The minimum Gasteiger partial charge on any atom is -0.479 e. The minimum atomic E-state index is -2.64. The molecule has 0 aliphatic carbocycles. The molecule has 1 amide bonds. The Labute approximate surface area is 112 Å². The van der Waals surface area contributed by atoms with Crippen LogP contribution in [-0.4, -0.2) is 33.6 Å². The lowest BCUT2D eigenvalue weighted by molar-refractivity contribution is -0.161. The van der Waals surface area contributed by atoms with Crippen molar-refractivity contribution in [2.24, 2.45) is 0 Å². The monoisotopic (exact) mass is 287 g/mol. The molecule has 0 saturated heterocycles. The topological polar surface area (TPSA) is 104 Å². The van der Waals surface area contributed by atoms with Crippen molar-refractivity contribution in [2.75, 3.05) is 0 Å². The first-order valence-electron chi connectivity index (χ1n) is 5.38. The highest BCUT2D eigenvalue weighted by Gasteiger charge is 2.47. The molecule has 0 heterocycles. The lowest BCUT2D eigenvalue weighted by atomic mass is 9.90. The van der Waals surface area contributed by atoms with Crippen LogP contribution in [-0.2, 0) is 20.8 Å². The van der Waals surface area contributed by atoms with E-state index in [1.54, 1.807) is 0 Å². The third kappa shape index (κ3) is 3.08. The zero-order valence-electron chi connectivity index (χ0n) is 10.3. The summed E-state index contributed by atoms with van der Waals surface area (Å²) in [4.78, 5) is 33.4. The van der Waals surface area contributed by atoms with Gasteiger partial charge in [0.1, 0.15) is 0 Å². The molecule has 1 aromatic carbocycles. The first-order chi connectivity index (χ1) is 9.19. The van der Waals surface area contributed by atoms with Crippen LogP contribution in [0.4, 0.5) is 8.78 Å². The Balaban J connectivity index is 3.23. The summed E-state index contributed by atoms with van der Waals surface area (Å²) in [5.74, 6) is -6.90. The Bertz CT molecular complexity index is 559. The number of aliphatic carboxylic acids is 2. The van der Waals surface area contributed by atoms with Crippen LogP contribution in [0.15, 0.2) is 18.2 Å². The van der Waals surface area contributed by atoms with Crippen LogP contribution >= 0.6 is 0 Å². The van der Waals surface area contributed by atoms with Crippen molar-refractivity contribution < 1.29 is 33.4 Å². The second kappa shape index (κ2) is 5.64. The van der Waals surface area contributed by atoms with Gasteiger partial charge in [-0.05, 0) is 17.7 Å². The molecule has 0 unspecified atom stereocenters. The van der Waals surface area contributed by atoms with E-state index in [0.717, 1.165) is 19.1 Å². The van der Waals surface area contributed by atoms with Gasteiger partial charge < -0.3 is 15.5 Å². The fourth-order valence-corrected chi connectivity index (χ4v) is 1.65. The van der Waals surface area contributed by atoms with E-state index in [4.69, 9.17) is 10.2 Å². The van der Waals surface area contributed by atoms with E-state index >= 15 is 0 Å². The van der Waals surface area contributed by atoms with Gasteiger partial charge in [-0.25, -0.2) is 18.4 Å². The quantitative estimate of drug-likeness (QED) is 0.686. The normalized spacial score (nSPS) is 10.9. The second-order valence-electron chi connectivity index (χ2n) is 4.12. The summed E-state index contributed by atoms with van der Waals surface area (Å²) in [5.41, 5.74) is -2.72. The number of benzene rings is 1. The minimum absolute atomic E-state index is 0.0811. The number of amides is 1. The summed E-state index contributed by atoms with van der Waals surface area (Å²) in [6.07, 6.45) is -0.728. The lowest BCUT2D eigenvalue weighted by Gasteiger charge is -2.25. The molecule has 0 aliphatic heterocycles. The molecule has 0 fully saturated rings. The number of nitrogens with one attached hydrogen (secondary N) is 1. The van der Waals surface area contributed by atoms with Crippen LogP contribution in [0.5, 0.6) is 0 Å². The largest absolute Gasteiger partial charge is 0.479 e. The first-order valence-corrected chi connectivity index (χ1v) is 5.38. The standard InChI is InChI=1S/C12H11F2NO5/c1-6(16)15-12(10(17)18,11(19)20)5-7-2-3-8(13)9(14)4-7/h2-4H,5H2,1H3,(H,15,16)(H,17,18)(H,19,20). The highest BCUT2D eigenvalue weighted by molar-refractivity contribution is 6.06. The van der Waals surface area contributed by atoms with E-state index in [1.807, 2.05) is 5.32 Å². The predicted molar refractivity (Wildman–Crippen MR) is 61.9 cm³/mol. The van der Waals surface area contributed by atoms with Crippen LogP contribution < -0.4 is 5.32 Å². The Morgan fingerprint density at radius 2 is 1.70 bits per heavy atom. The number of carbonyl (C=O) groups is 3. The van der Waals surface area contributed by atoms with Gasteiger partial charge in [0.2, 0.25) is 11.4 Å². The Kier molecular flexibility index (Phi) is 4.38. The van der Waals surface area contributed by atoms with Gasteiger partial charge in [-0.15, -0.1) is 0 Å². The number of rotatable bonds is 5. The molecule has 0 aromatic heterocycles. The van der Waals surface area contributed by atoms with Gasteiger partial charge >= 0.3 is 11.9 Å². The average Bonchev–Trinajstić information content (AvgIpc) is 2.31. The zero-order chi connectivity index (χ0) is 15.5.